The van der Waals surface area contributed by atoms with Gasteiger partial charge in [0.05, 0.1) is 0 Å². The number of hydrogen-bond donors (Lipinski definition) is 1. The fraction of sp³-hybridized carbons (Fsp3) is 0.538. The molecule has 15 heavy (non-hydrogen) atoms. The summed E-state index contributed by atoms with van der Waals surface area (Å²) >= 11 is 0. The van der Waals surface area contributed by atoms with Crippen molar-refractivity contribution in [1.82, 2.24) is 5.32 Å². The van der Waals surface area contributed by atoms with Crippen molar-refractivity contribution in [3.05, 3.63) is 30.3 Å². The van der Waals surface area contributed by atoms with Gasteiger partial charge >= 0.3 is 0 Å². The highest BCUT2D eigenvalue weighted by molar-refractivity contribution is 7.67. The molecule has 0 saturated carbocycles. The third-order valence-corrected chi connectivity index (χ3v) is 6.96. The van der Waals surface area contributed by atoms with Crippen molar-refractivity contribution in [2.75, 3.05) is 12.7 Å². The van der Waals surface area contributed by atoms with Crippen LogP contribution in [-0.2, 0) is 0 Å². The van der Waals surface area contributed by atoms with Crippen molar-refractivity contribution in [2.45, 2.75) is 32.0 Å². The van der Waals surface area contributed by atoms with Crippen LogP contribution in [0.4, 0.5) is 0 Å². The Morgan fingerprint density at radius 2 is 1.87 bits per heavy atom. The zero-order valence-electron chi connectivity index (χ0n) is 9.66. The van der Waals surface area contributed by atoms with Crippen molar-refractivity contribution in [3.8, 4) is 0 Å². The number of benzene rings is 1. The first kappa shape index (κ1) is 11.1. The molecule has 2 rings (SSSR count). The van der Waals surface area contributed by atoms with Crippen LogP contribution >= 0.6 is 7.92 Å². The monoisotopic (exact) mass is 221 g/mol. The van der Waals surface area contributed by atoms with Crippen molar-refractivity contribution < 1.29 is 0 Å². The van der Waals surface area contributed by atoms with Gasteiger partial charge in [0, 0.05) is 11.8 Å². The van der Waals surface area contributed by atoms with Gasteiger partial charge in [-0.25, -0.2) is 0 Å². The smallest absolute Gasteiger partial charge is 0.0417 e. The molecule has 0 aliphatic carbocycles. The van der Waals surface area contributed by atoms with Gasteiger partial charge in [0.25, 0.3) is 0 Å². The molecule has 1 aromatic rings. The summed E-state index contributed by atoms with van der Waals surface area (Å²) in [6, 6.07) is 11.1. The summed E-state index contributed by atoms with van der Waals surface area (Å²) in [7, 11) is 0.000772. The van der Waals surface area contributed by atoms with E-state index in [-0.39, 0.29) is 7.92 Å². The van der Waals surface area contributed by atoms with Crippen molar-refractivity contribution >= 4 is 13.2 Å². The molecule has 1 N–H and O–H groups in total. The van der Waals surface area contributed by atoms with E-state index in [1.165, 1.54) is 25.5 Å². The molecule has 1 fully saturated rings. The van der Waals surface area contributed by atoms with Crippen molar-refractivity contribution in [3.63, 3.8) is 0 Å². The maximum Gasteiger partial charge on any atom is 0.0417 e. The van der Waals surface area contributed by atoms with Crippen LogP contribution in [0.5, 0.6) is 0 Å². The topological polar surface area (TPSA) is 12.0 Å². The molecule has 1 unspecified atom stereocenters. The zero-order valence-corrected chi connectivity index (χ0v) is 10.6. The summed E-state index contributed by atoms with van der Waals surface area (Å²) in [6.07, 6.45) is 3.86. The number of nitrogens with one attached hydrogen (secondary N) is 1. The first-order chi connectivity index (χ1) is 7.32. The molecule has 1 aromatic carbocycles. The summed E-state index contributed by atoms with van der Waals surface area (Å²) in [6.45, 7) is 5.84. The minimum atomic E-state index is 0.000772. The quantitative estimate of drug-likeness (QED) is 0.774. The zero-order chi connectivity index (χ0) is 10.7. The molecule has 1 nitrogen and oxygen atoms in total. The highest BCUT2D eigenvalue weighted by Crippen LogP contribution is 2.53. The molecule has 0 amide bonds. The second-order valence-corrected chi connectivity index (χ2v) is 6.83. The maximum absolute atomic E-state index is 3.75. The Balaban J connectivity index is 2.29. The van der Waals surface area contributed by atoms with Crippen LogP contribution in [0, 0.1) is 0 Å². The molecule has 1 aliphatic heterocycles. The molecule has 0 aromatic heterocycles. The molecule has 1 aliphatic rings. The third kappa shape index (κ3) is 1.96. The minimum absolute atomic E-state index is 0.000772. The molecule has 82 valence electrons. The van der Waals surface area contributed by atoms with Gasteiger partial charge in [-0.05, 0) is 24.3 Å². The Morgan fingerprint density at radius 1 is 1.20 bits per heavy atom. The normalized spacial score (nSPS) is 24.3. The van der Waals surface area contributed by atoms with Gasteiger partial charge in [-0.3, -0.25) is 0 Å². The highest BCUT2D eigenvalue weighted by Gasteiger charge is 2.39. The van der Waals surface area contributed by atoms with E-state index in [4.69, 9.17) is 0 Å². The van der Waals surface area contributed by atoms with E-state index in [0.29, 0.717) is 5.28 Å². The number of hydrogen-bond acceptors (Lipinski definition) is 1. The Labute approximate surface area is 94.0 Å². The molecule has 2 heteroatoms. The van der Waals surface area contributed by atoms with E-state index < -0.39 is 0 Å². The van der Waals surface area contributed by atoms with Gasteiger partial charge in [0.15, 0.2) is 0 Å². The first-order valence-electron chi connectivity index (χ1n) is 5.90. The Bertz CT molecular complexity index is 306. The predicted molar refractivity (Wildman–Crippen MR) is 69.2 cm³/mol. The van der Waals surface area contributed by atoms with Crippen LogP contribution in [0.25, 0.3) is 0 Å². The van der Waals surface area contributed by atoms with Gasteiger partial charge in [-0.15, -0.1) is 0 Å². The Morgan fingerprint density at radius 3 is 2.47 bits per heavy atom. The van der Waals surface area contributed by atoms with Crippen LogP contribution in [-0.4, -0.2) is 18.0 Å². The van der Waals surface area contributed by atoms with Crippen molar-refractivity contribution in [2.24, 2.45) is 0 Å². The second-order valence-electron chi connectivity index (χ2n) is 4.15. The summed E-state index contributed by atoms with van der Waals surface area (Å²) < 4.78 is 0. The Kier molecular flexibility index (Phi) is 3.43. The SMILES string of the molecule is CCC1(CC)NCCP1c1ccccc1. The molecular weight excluding hydrogens is 201 g/mol. The molecule has 0 spiro atoms. The predicted octanol–water partition coefficient (Wildman–Crippen LogP) is 2.91. The van der Waals surface area contributed by atoms with Gasteiger partial charge in [-0.1, -0.05) is 52.1 Å². The second kappa shape index (κ2) is 4.63. The van der Waals surface area contributed by atoms with E-state index in [1.54, 1.807) is 5.30 Å². The fourth-order valence-electron chi connectivity index (χ4n) is 2.58. The molecule has 0 radical (unpaired) electrons. The summed E-state index contributed by atoms with van der Waals surface area (Å²) in [5.41, 5.74) is 0. The van der Waals surface area contributed by atoms with E-state index in [1.807, 2.05) is 0 Å². The third-order valence-electron chi connectivity index (χ3n) is 3.54. The van der Waals surface area contributed by atoms with Crippen molar-refractivity contribution in [1.29, 1.82) is 0 Å². The van der Waals surface area contributed by atoms with Gasteiger partial charge < -0.3 is 5.32 Å². The fourth-order valence-corrected chi connectivity index (χ4v) is 5.69. The maximum atomic E-state index is 3.75. The van der Waals surface area contributed by atoms with Crippen LogP contribution in [0.15, 0.2) is 30.3 Å². The minimum Gasteiger partial charge on any atom is -0.307 e. The lowest BCUT2D eigenvalue weighted by atomic mass is 10.1. The number of rotatable bonds is 3. The Hall–Kier alpha value is -0.390. The lowest BCUT2D eigenvalue weighted by Crippen LogP contribution is -2.38. The van der Waals surface area contributed by atoms with Gasteiger partial charge in [0.2, 0.25) is 0 Å². The first-order valence-corrected chi connectivity index (χ1v) is 7.43. The highest BCUT2D eigenvalue weighted by atomic mass is 31.1. The van der Waals surface area contributed by atoms with Crippen LogP contribution in [0.2, 0.25) is 0 Å². The molecular formula is C13H20NP. The van der Waals surface area contributed by atoms with Gasteiger partial charge in [-0.2, -0.15) is 0 Å². The van der Waals surface area contributed by atoms with E-state index in [2.05, 4.69) is 49.5 Å². The average molecular weight is 221 g/mol. The van der Waals surface area contributed by atoms with Gasteiger partial charge in [0.1, 0.15) is 0 Å². The summed E-state index contributed by atoms with van der Waals surface area (Å²) in [5.74, 6) is 0. The standard InChI is InChI=1S/C13H20NP/c1-3-13(4-2)14-10-11-15(13)12-8-6-5-7-9-12/h5-9,14H,3-4,10-11H2,1-2H3. The van der Waals surface area contributed by atoms with E-state index >= 15 is 0 Å². The molecule has 1 heterocycles. The summed E-state index contributed by atoms with van der Waals surface area (Å²) in [4.78, 5) is 0. The molecule has 1 saturated heterocycles. The molecule has 0 bridgehead atoms. The lowest BCUT2D eigenvalue weighted by Gasteiger charge is -2.34. The summed E-state index contributed by atoms with van der Waals surface area (Å²) in [5, 5.41) is 5.73. The average Bonchev–Trinajstić information content (AvgIpc) is 2.74. The largest absolute Gasteiger partial charge is 0.307 e. The van der Waals surface area contributed by atoms with Crippen LogP contribution < -0.4 is 10.6 Å². The van der Waals surface area contributed by atoms with E-state index in [9.17, 15) is 0 Å². The molecule has 1 atom stereocenters. The van der Waals surface area contributed by atoms with E-state index in [0.717, 1.165) is 0 Å². The lowest BCUT2D eigenvalue weighted by molar-refractivity contribution is 0.467. The van der Waals surface area contributed by atoms with Crippen LogP contribution in [0.3, 0.4) is 0 Å². The van der Waals surface area contributed by atoms with Crippen LogP contribution in [0.1, 0.15) is 26.7 Å².